The molecule has 4 nitrogen and oxygen atoms in total. The highest BCUT2D eigenvalue weighted by atomic mass is 35.5. The van der Waals surface area contributed by atoms with Crippen molar-refractivity contribution in [2.75, 3.05) is 13.1 Å². The second kappa shape index (κ2) is 8.37. The summed E-state index contributed by atoms with van der Waals surface area (Å²) < 4.78 is 5.30. The lowest BCUT2D eigenvalue weighted by atomic mass is 10.2. The van der Waals surface area contributed by atoms with E-state index in [0.29, 0.717) is 6.54 Å². The second-order valence-corrected chi connectivity index (χ2v) is 4.95. The van der Waals surface area contributed by atoms with Crippen LogP contribution in [0.25, 0.3) is 0 Å². The minimum Gasteiger partial charge on any atom is -0.469 e. The Balaban J connectivity index is 1.88. The van der Waals surface area contributed by atoms with Gasteiger partial charge in [0, 0.05) is 24.5 Å². The normalized spacial score (nSPS) is 11.4. The number of nitrogens with one attached hydrogen (secondary N) is 2. The molecule has 2 rings (SSSR count). The first-order valence-electron chi connectivity index (χ1n) is 7.07. The van der Waals surface area contributed by atoms with Gasteiger partial charge >= 0.3 is 0 Å². The van der Waals surface area contributed by atoms with E-state index in [4.69, 9.17) is 16.0 Å². The summed E-state index contributed by atoms with van der Waals surface area (Å²) in [5.74, 6) is 1.74. The van der Waals surface area contributed by atoms with Crippen molar-refractivity contribution in [1.29, 1.82) is 0 Å². The van der Waals surface area contributed by atoms with Gasteiger partial charge in [-0.25, -0.2) is 4.99 Å². The van der Waals surface area contributed by atoms with Crippen LogP contribution in [0.4, 0.5) is 0 Å². The molecule has 0 fully saturated rings. The Hall–Kier alpha value is -1.94. The van der Waals surface area contributed by atoms with Gasteiger partial charge in [0.25, 0.3) is 0 Å². The summed E-state index contributed by atoms with van der Waals surface area (Å²) in [6, 6.07) is 11.6. The molecule has 0 bridgehead atoms. The van der Waals surface area contributed by atoms with Gasteiger partial charge in [-0.3, -0.25) is 0 Å². The van der Waals surface area contributed by atoms with Crippen molar-refractivity contribution in [1.82, 2.24) is 10.6 Å². The van der Waals surface area contributed by atoms with E-state index in [0.717, 1.165) is 41.8 Å². The average Bonchev–Trinajstić information content (AvgIpc) is 2.99. The van der Waals surface area contributed by atoms with Gasteiger partial charge in [0.1, 0.15) is 5.76 Å². The molecule has 0 aliphatic heterocycles. The fourth-order valence-electron chi connectivity index (χ4n) is 1.89. The number of aliphatic imine (C=N–C) groups is 1. The van der Waals surface area contributed by atoms with Gasteiger partial charge in [0.05, 0.1) is 12.8 Å². The monoisotopic (exact) mass is 305 g/mol. The summed E-state index contributed by atoms with van der Waals surface area (Å²) in [5, 5.41) is 7.25. The Labute approximate surface area is 130 Å². The van der Waals surface area contributed by atoms with Gasteiger partial charge in [0.15, 0.2) is 5.96 Å². The van der Waals surface area contributed by atoms with E-state index < -0.39 is 0 Å². The van der Waals surface area contributed by atoms with Crippen LogP contribution in [0.3, 0.4) is 0 Å². The second-order valence-electron chi connectivity index (χ2n) is 4.54. The number of nitrogens with zero attached hydrogens (tertiary/aromatic N) is 1. The molecule has 1 aromatic heterocycles. The van der Waals surface area contributed by atoms with Crippen LogP contribution in [0, 0.1) is 0 Å². The van der Waals surface area contributed by atoms with Gasteiger partial charge in [-0.15, -0.1) is 0 Å². The van der Waals surface area contributed by atoms with Crippen molar-refractivity contribution in [3.63, 3.8) is 0 Å². The minimum atomic E-state index is 0.551. The standard InChI is InChI=1S/C16H20ClN3O/c1-2-18-16(19-10-9-14-7-5-11-21-14)20-12-13-6-3-4-8-15(13)17/h3-8,11H,2,9-10,12H2,1H3,(H2,18,19,20). The van der Waals surface area contributed by atoms with Crippen LogP contribution in [-0.2, 0) is 13.0 Å². The maximum atomic E-state index is 6.13. The fraction of sp³-hybridized carbons (Fsp3) is 0.312. The van der Waals surface area contributed by atoms with Gasteiger partial charge in [-0.2, -0.15) is 0 Å². The molecule has 0 spiro atoms. The van der Waals surface area contributed by atoms with Crippen molar-refractivity contribution in [2.45, 2.75) is 19.9 Å². The van der Waals surface area contributed by atoms with Crippen molar-refractivity contribution in [3.8, 4) is 0 Å². The van der Waals surface area contributed by atoms with E-state index in [2.05, 4.69) is 15.6 Å². The number of hydrogen-bond acceptors (Lipinski definition) is 2. The maximum Gasteiger partial charge on any atom is 0.191 e. The van der Waals surface area contributed by atoms with E-state index in [1.807, 2.05) is 43.3 Å². The third-order valence-electron chi connectivity index (χ3n) is 2.95. The van der Waals surface area contributed by atoms with Crippen LogP contribution in [-0.4, -0.2) is 19.0 Å². The maximum absolute atomic E-state index is 6.13. The molecular formula is C16H20ClN3O. The van der Waals surface area contributed by atoms with E-state index in [-0.39, 0.29) is 0 Å². The summed E-state index contributed by atoms with van der Waals surface area (Å²) in [4.78, 5) is 4.54. The average molecular weight is 306 g/mol. The Bertz CT molecular complexity index is 567. The number of rotatable bonds is 6. The zero-order chi connectivity index (χ0) is 14.9. The molecule has 21 heavy (non-hydrogen) atoms. The van der Waals surface area contributed by atoms with Crippen molar-refractivity contribution < 1.29 is 4.42 Å². The van der Waals surface area contributed by atoms with E-state index in [1.54, 1.807) is 6.26 Å². The molecule has 0 aliphatic rings. The number of guanidine groups is 1. The van der Waals surface area contributed by atoms with Gasteiger partial charge < -0.3 is 15.1 Å². The number of halogens is 1. The topological polar surface area (TPSA) is 49.6 Å². The van der Waals surface area contributed by atoms with E-state index in [9.17, 15) is 0 Å². The molecular weight excluding hydrogens is 286 g/mol. The molecule has 0 unspecified atom stereocenters. The zero-order valence-electron chi connectivity index (χ0n) is 12.1. The molecule has 0 aliphatic carbocycles. The van der Waals surface area contributed by atoms with Gasteiger partial charge in [-0.1, -0.05) is 29.8 Å². The molecule has 1 aromatic carbocycles. The summed E-state index contributed by atoms with van der Waals surface area (Å²) in [7, 11) is 0. The van der Waals surface area contributed by atoms with Crippen molar-refractivity contribution in [3.05, 3.63) is 59.0 Å². The molecule has 1 heterocycles. The van der Waals surface area contributed by atoms with Crippen molar-refractivity contribution in [2.24, 2.45) is 4.99 Å². The predicted molar refractivity (Wildman–Crippen MR) is 86.7 cm³/mol. The molecule has 0 amide bonds. The Morgan fingerprint density at radius 2 is 2.05 bits per heavy atom. The first-order valence-corrected chi connectivity index (χ1v) is 7.45. The molecule has 5 heteroatoms. The summed E-state index contributed by atoms with van der Waals surface area (Å²) in [6.45, 7) is 4.17. The summed E-state index contributed by atoms with van der Waals surface area (Å²) in [5.41, 5.74) is 1.02. The molecule has 112 valence electrons. The molecule has 2 N–H and O–H groups in total. The Kier molecular flexibility index (Phi) is 6.16. The molecule has 0 radical (unpaired) electrons. The Morgan fingerprint density at radius 1 is 1.19 bits per heavy atom. The van der Waals surface area contributed by atoms with Crippen molar-refractivity contribution >= 4 is 17.6 Å². The highest BCUT2D eigenvalue weighted by Gasteiger charge is 2.01. The van der Waals surface area contributed by atoms with Crippen LogP contribution >= 0.6 is 11.6 Å². The number of furan rings is 1. The predicted octanol–water partition coefficient (Wildman–Crippen LogP) is 3.23. The first kappa shape index (κ1) is 15.4. The van der Waals surface area contributed by atoms with Crippen LogP contribution in [0.5, 0.6) is 0 Å². The van der Waals surface area contributed by atoms with Gasteiger partial charge in [-0.05, 0) is 30.7 Å². The lowest BCUT2D eigenvalue weighted by Gasteiger charge is -2.11. The van der Waals surface area contributed by atoms with Crippen LogP contribution in [0.2, 0.25) is 5.02 Å². The smallest absolute Gasteiger partial charge is 0.191 e. The van der Waals surface area contributed by atoms with E-state index >= 15 is 0 Å². The summed E-state index contributed by atoms with van der Waals surface area (Å²) in [6.07, 6.45) is 2.51. The molecule has 2 aromatic rings. The lowest BCUT2D eigenvalue weighted by molar-refractivity contribution is 0.507. The Morgan fingerprint density at radius 3 is 2.76 bits per heavy atom. The van der Waals surface area contributed by atoms with Crippen LogP contribution in [0.1, 0.15) is 18.2 Å². The van der Waals surface area contributed by atoms with Crippen LogP contribution < -0.4 is 10.6 Å². The number of benzene rings is 1. The third kappa shape index (κ3) is 5.16. The molecule has 0 atom stereocenters. The quantitative estimate of drug-likeness (QED) is 0.636. The van der Waals surface area contributed by atoms with Gasteiger partial charge in [0.2, 0.25) is 0 Å². The molecule has 0 saturated carbocycles. The number of hydrogen-bond donors (Lipinski definition) is 2. The van der Waals surface area contributed by atoms with E-state index in [1.165, 1.54) is 0 Å². The first-order chi connectivity index (χ1) is 10.3. The lowest BCUT2D eigenvalue weighted by Crippen LogP contribution is -2.38. The third-order valence-corrected chi connectivity index (χ3v) is 3.32. The van der Waals surface area contributed by atoms with Crippen LogP contribution in [0.15, 0.2) is 52.1 Å². The molecule has 0 saturated heterocycles. The SMILES string of the molecule is CCNC(=NCc1ccccc1Cl)NCCc1ccco1. The summed E-state index contributed by atoms with van der Waals surface area (Å²) >= 11 is 6.13. The zero-order valence-corrected chi connectivity index (χ0v) is 12.9. The fourth-order valence-corrected chi connectivity index (χ4v) is 2.09. The highest BCUT2D eigenvalue weighted by molar-refractivity contribution is 6.31. The highest BCUT2D eigenvalue weighted by Crippen LogP contribution is 2.15. The minimum absolute atomic E-state index is 0.551. The largest absolute Gasteiger partial charge is 0.469 e.